The molecule has 2 N–H and O–H groups in total. The number of nitrogens with zero attached hydrogens (tertiary/aromatic N) is 3. The molecule has 0 aliphatic carbocycles. The lowest BCUT2D eigenvalue weighted by Crippen LogP contribution is -2.17. The highest BCUT2D eigenvalue weighted by molar-refractivity contribution is 7.90. The summed E-state index contributed by atoms with van der Waals surface area (Å²) in [5, 5.41) is 14.5. The normalized spacial score (nSPS) is 11.1. The van der Waals surface area contributed by atoms with E-state index in [0.29, 0.717) is 9.84 Å². The minimum atomic E-state index is -4.15. The molecule has 2 aromatic carbocycles. The van der Waals surface area contributed by atoms with Gasteiger partial charge in [-0.05, 0) is 30.3 Å². The average molecular weight is 418 g/mol. The summed E-state index contributed by atoms with van der Waals surface area (Å²) < 4.78 is 35.9. The van der Waals surface area contributed by atoms with Crippen molar-refractivity contribution in [3.05, 3.63) is 70.3 Å². The monoisotopic (exact) mass is 418 g/mol. The Morgan fingerprint density at radius 3 is 2.48 bits per heavy atom. The summed E-state index contributed by atoms with van der Waals surface area (Å²) in [6, 6.07) is 11.4. The number of aromatic nitrogens is 2. The van der Waals surface area contributed by atoms with Crippen molar-refractivity contribution in [2.75, 3.05) is 12.8 Å². The zero-order valence-electron chi connectivity index (χ0n) is 14.9. The van der Waals surface area contributed by atoms with E-state index in [1.165, 1.54) is 49.6 Å². The molecule has 29 heavy (non-hydrogen) atoms. The van der Waals surface area contributed by atoms with Gasteiger partial charge in [0.15, 0.2) is 0 Å². The summed E-state index contributed by atoms with van der Waals surface area (Å²) in [6.07, 6.45) is 0. The van der Waals surface area contributed by atoms with Gasteiger partial charge in [-0.2, -0.15) is 8.42 Å². The van der Waals surface area contributed by atoms with Crippen LogP contribution < -0.4 is 15.2 Å². The number of benzene rings is 2. The standard InChI is InChI=1S/C17H14N4O7S/c1-27-13-5-7-14(8-6-13)29(25,26)20-15(18)10-16(19-20)28-17(22)11-3-2-4-12(9-11)21(23)24/h2-10H,18H2,1H3. The number of nitrogens with two attached hydrogens (primary N) is 1. The summed E-state index contributed by atoms with van der Waals surface area (Å²) in [5.74, 6) is -1.16. The van der Waals surface area contributed by atoms with Crippen molar-refractivity contribution in [1.29, 1.82) is 0 Å². The fourth-order valence-corrected chi connectivity index (χ4v) is 3.55. The maximum atomic E-state index is 12.7. The molecule has 1 aromatic heterocycles. The molecule has 1 heterocycles. The zero-order valence-corrected chi connectivity index (χ0v) is 15.7. The molecule has 0 saturated heterocycles. The Hall–Kier alpha value is -3.93. The molecule has 0 amide bonds. The molecule has 0 unspecified atom stereocenters. The maximum Gasteiger partial charge on any atom is 0.345 e. The number of methoxy groups -OCH3 is 1. The van der Waals surface area contributed by atoms with E-state index in [9.17, 15) is 23.3 Å². The molecule has 0 fully saturated rings. The fraction of sp³-hybridized carbons (Fsp3) is 0.0588. The third kappa shape index (κ3) is 4.01. The van der Waals surface area contributed by atoms with E-state index in [1.54, 1.807) is 0 Å². The van der Waals surface area contributed by atoms with Crippen LogP contribution in [-0.4, -0.2) is 35.6 Å². The van der Waals surface area contributed by atoms with Crippen LogP contribution in [-0.2, 0) is 10.0 Å². The number of rotatable bonds is 6. The van der Waals surface area contributed by atoms with Gasteiger partial charge < -0.3 is 15.2 Å². The largest absolute Gasteiger partial charge is 0.497 e. The van der Waals surface area contributed by atoms with Gasteiger partial charge in [-0.1, -0.05) is 6.07 Å². The van der Waals surface area contributed by atoms with Crippen molar-refractivity contribution >= 4 is 27.5 Å². The molecule has 0 radical (unpaired) electrons. The summed E-state index contributed by atoms with van der Waals surface area (Å²) in [4.78, 5) is 22.2. The molecule has 0 bridgehead atoms. The lowest BCUT2D eigenvalue weighted by molar-refractivity contribution is -0.384. The first kappa shape index (κ1) is 19.8. The average Bonchev–Trinajstić information content (AvgIpc) is 3.08. The number of hydrogen-bond donors (Lipinski definition) is 1. The van der Waals surface area contributed by atoms with Gasteiger partial charge in [-0.25, -0.2) is 4.79 Å². The maximum absolute atomic E-state index is 12.7. The first-order chi connectivity index (χ1) is 13.7. The lowest BCUT2D eigenvalue weighted by atomic mass is 10.2. The summed E-state index contributed by atoms with van der Waals surface area (Å²) in [5.41, 5.74) is 5.31. The van der Waals surface area contributed by atoms with Crippen LogP contribution in [0.2, 0.25) is 0 Å². The van der Waals surface area contributed by atoms with E-state index in [0.717, 1.165) is 12.1 Å². The number of ether oxygens (including phenoxy) is 2. The Balaban J connectivity index is 1.87. The number of esters is 1. The molecule has 0 aliphatic rings. The van der Waals surface area contributed by atoms with E-state index >= 15 is 0 Å². The van der Waals surface area contributed by atoms with Crippen molar-refractivity contribution in [3.8, 4) is 11.6 Å². The zero-order chi connectivity index (χ0) is 21.2. The molecule has 150 valence electrons. The van der Waals surface area contributed by atoms with E-state index in [2.05, 4.69) is 5.10 Å². The molecule has 0 saturated carbocycles. The van der Waals surface area contributed by atoms with Gasteiger partial charge in [0.05, 0.1) is 22.5 Å². The van der Waals surface area contributed by atoms with Crippen molar-refractivity contribution in [3.63, 3.8) is 0 Å². The number of nitrogen functional groups attached to an aromatic ring is 1. The highest BCUT2D eigenvalue weighted by atomic mass is 32.2. The van der Waals surface area contributed by atoms with Crippen LogP contribution in [0.15, 0.2) is 59.5 Å². The minimum absolute atomic E-state index is 0.106. The highest BCUT2D eigenvalue weighted by Gasteiger charge is 2.23. The van der Waals surface area contributed by atoms with Crippen LogP contribution in [0.1, 0.15) is 10.4 Å². The number of nitro groups is 1. The molecule has 11 nitrogen and oxygen atoms in total. The van der Waals surface area contributed by atoms with Crippen LogP contribution >= 0.6 is 0 Å². The van der Waals surface area contributed by atoms with Gasteiger partial charge in [-0.15, -0.1) is 9.19 Å². The lowest BCUT2D eigenvalue weighted by Gasteiger charge is -2.06. The number of anilines is 1. The van der Waals surface area contributed by atoms with E-state index in [-0.39, 0.29) is 27.8 Å². The van der Waals surface area contributed by atoms with E-state index in [1.807, 2.05) is 0 Å². The Morgan fingerprint density at radius 2 is 1.86 bits per heavy atom. The first-order valence-electron chi connectivity index (χ1n) is 7.94. The van der Waals surface area contributed by atoms with Crippen LogP contribution in [0, 0.1) is 10.1 Å². The molecule has 0 spiro atoms. The third-order valence-electron chi connectivity index (χ3n) is 3.76. The predicted octanol–water partition coefficient (Wildman–Crippen LogP) is 1.84. The fourth-order valence-electron chi connectivity index (χ4n) is 2.35. The second-order valence-electron chi connectivity index (χ2n) is 5.63. The summed E-state index contributed by atoms with van der Waals surface area (Å²) >= 11 is 0. The molecule has 12 heteroatoms. The Bertz CT molecular complexity index is 1190. The van der Waals surface area contributed by atoms with Crippen molar-refractivity contribution in [2.24, 2.45) is 0 Å². The molecular formula is C17H14N4O7S. The second-order valence-corrected chi connectivity index (χ2v) is 7.40. The van der Waals surface area contributed by atoms with E-state index < -0.39 is 20.9 Å². The van der Waals surface area contributed by atoms with Crippen molar-refractivity contribution in [2.45, 2.75) is 4.90 Å². The van der Waals surface area contributed by atoms with E-state index in [4.69, 9.17) is 15.2 Å². The Labute approximate surface area is 164 Å². The quantitative estimate of drug-likeness (QED) is 0.358. The predicted molar refractivity (Wildman–Crippen MR) is 100 cm³/mol. The number of hydrogen-bond acceptors (Lipinski definition) is 9. The van der Waals surface area contributed by atoms with Crippen LogP contribution in [0.5, 0.6) is 11.6 Å². The van der Waals surface area contributed by atoms with Gasteiger partial charge in [0.25, 0.3) is 15.7 Å². The number of nitro benzene ring substituents is 1. The molecule has 3 aromatic rings. The highest BCUT2D eigenvalue weighted by Crippen LogP contribution is 2.23. The molecular weight excluding hydrogens is 404 g/mol. The third-order valence-corrected chi connectivity index (χ3v) is 5.37. The van der Waals surface area contributed by atoms with Crippen molar-refractivity contribution in [1.82, 2.24) is 9.19 Å². The van der Waals surface area contributed by atoms with Gasteiger partial charge in [0.1, 0.15) is 11.6 Å². The minimum Gasteiger partial charge on any atom is -0.497 e. The number of carbonyl (C=O) groups is 1. The second kappa shape index (κ2) is 7.59. The smallest absolute Gasteiger partial charge is 0.345 e. The van der Waals surface area contributed by atoms with Gasteiger partial charge in [-0.3, -0.25) is 10.1 Å². The van der Waals surface area contributed by atoms with Crippen LogP contribution in [0.25, 0.3) is 0 Å². The SMILES string of the molecule is COc1ccc(S(=O)(=O)n2nc(OC(=O)c3cccc([N+](=O)[O-])c3)cc2N)cc1. The summed E-state index contributed by atoms with van der Waals surface area (Å²) in [6.45, 7) is 0. The van der Waals surface area contributed by atoms with Gasteiger partial charge in [0.2, 0.25) is 5.88 Å². The van der Waals surface area contributed by atoms with Crippen LogP contribution in [0.4, 0.5) is 11.5 Å². The summed E-state index contributed by atoms with van der Waals surface area (Å²) in [7, 11) is -2.71. The van der Waals surface area contributed by atoms with Gasteiger partial charge in [0, 0.05) is 18.2 Å². The van der Waals surface area contributed by atoms with Gasteiger partial charge >= 0.3 is 5.97 Å². The number of non-ortho nitro benzene ring substituents is 1. The topological polar surface area (TPSA) is 157 Å². The number of carbonyl (C=O) groups excluding carboxylic acids is 1. The molecule has 3 rings (SSSR count). The van der Waals surface area contributed by atoms with Crippen molar-refractivity contribution < 1.29 is 27.6 Å². The molecule has 0 aliphatic heterocycles. The first-order valence-corrected chi connectivity index (χ1v) is 9.38. The Morgan fingerprint density at radius 1 is 1.17 bits per heavy atom. The van der Waals surface area contributed by atoms with Crippen LogP contribution in [0.3, 0.4) is 0 Å². The Kier molecular flexibility index (Phi) is 5.19. The molecule has 0 atom stereocenters.